The highest BCUT2D eigenvalue weighted by Gasteiger charge is 2.09. The first-order valence-electron chi connectivity index (χ1n) is 9.16. The molecule has 2 aromatic rings. The number of hydrogen-bond acceptors (Lipinski definition) is 1. The van der Waals surface area contributed by atoms with Crippen molar-refractivity contribution in [2.24, 2.45) is 0 Å². The third kappa shape index (κ3) is 10.9. The summed E-state index contributed by atoms with van der Waals surface area (Å²) in [5.74, 6) is 6.68. The second kappa shape index (κ2) is 11.2. The molecule has 0 spiro atoms. The molecule has 0 radical (unpaired) electrons. The Labute approximate surface area is 193 Å². The lowest BCUT2D eigenvalue weighted by molar-refractivity contribution is 0.413. The lowest BCUT2D eigenvalue weighted by Crippen LogP contribution is -2.16. The molecule has 0 N–H and O–H groups in total. The zero-order valence-electron chi connectivity index (χ0n) is 18.0. The molecule has 2 aromatic carbocycles. The van der Waals surface area contributed by atoms with Gasteiger partial charge in [0, 0.05) is 8.95 Å². The van der Waals surface area contributed by atoms with E-state index in [0.29, 0.717) is 5.56 Å². The minimum atomic E-state index is -1.42. The smallest absolute Gasteiger partial charge is 0.139 e. The van der Waals surface area contributed by atoms with Crippen LogP contribution < -0.4 is 4.74 Å². The van der Waals surface area contributed by atoms with Gasteiger partial charge in [-0.2, -0.15) is 0 Å². The minimum absolute atomic E-state index is 0.259. The first-order valence-corrected chi connectivity index (χ1v) is 17.7. The van der Waals surface area contributed by atoms with E-state index in [1.807, 2.05) is 18.2 Å². The van der Waals surface area contributed by atoms with Crippen molar-refractivity contribution in [3.8, 4) is 28.7 Å². The summed E-state index contributed by atoms with van der Waals surface area (Å²) in [4.78, 5) is 0. The van der Waals surface area contributed by atoms with Gasteiger partial charge in [0.05, 0.1) is 18.2 Å². The fourth-order valence-corrected chi connectivity index (χ4v) is 3.59. The van der Waals surface area contributed by atoms with Crippen LogP contribution in [0.2, 0.25) is 39.3 Å². The molecule has 0 heterocycles. The van der Waals surface area contributed by atoms with Crippen molar-refractivity contribution < 1.29 is 9.13 Å². The second-order valence-electron chi connectivity index (χ2n) is 8.47. The van der Waals surface area contributed by atoms with E-state index in [4.69, 9.17) is 4.74 Å². The molecule has 0 fully saturated rings. The molecule has 0 aliphatic carbocycles. The Balaban J connectivity index is 0.000000291. The van der Waals surface area contributed by atoms with Gasteiger partial charge in [-0.1, -0.05) is 83.0 Å². The number of methoxy groups -OCH3 is 1. The molecule has 6 heteroatoms. The number of ether oxygens (including phenoxy) is 1. The maximum Gasteiger partial charge on any atom is 0.139 e. The summed E-state index contributed by atoms with van der Waals surface area (Å²) in [6, 6.07) is 10.8. The van der Waals surface area contributed by atoms with Crippen LogP contribution in [0.5, 0.6) is 5.75 Å². The number of halogens is 3. The van der Waals surface area contributed by atoms with Crippen molar-refractivity contribution in [1.29, 1.82) is 0 Å². The molecule has 0 bridgehead atoms. The van der Waals surface area contributed by atoms with E-state index in [2.05, 4.69) is 94.1 Å². The lowest BCUT2D eigenvalue weighted by Gasteiger charge is -2.06. The monoisotopic (exact) mass is 552 g/mol. The van der Waals surface area contributed by atoms with Crippen molar-refractivity contribution in [3.05, 3.63) is 62.3 Å². The number of benzene rings is 2. The first-order chi connectivity index (χ1) is 13.3. The molecule has 0 aliphatic heterocycles. The van der Waals surface area contributed by atoms with E-state index in [9.17, 15) is 4.39 Å². The summed E-state index contributed by atoms with van der Waals surface area (Å²) in [6.07, 6.45) is 0. The fourth-order valence-electron chi connectivity index (χ4n) is 1.88. The number of hydrogen-bond donors (Lipinski definition) is 0. The molecule has 1 nitrogen and oxygen atoms in total. The van der Waals surface area contributed by atoms with Crippen LogP contribution in [0.25, 0.3) is 0 Å². The Kier molecular flexibility index (Phi) is 9.91. The van der Waals surface area contributed by atoms with Crippen molar-refractivity contribution in [1.82, 2.24) is 0 Å². The van der Waals surface area contributed by atoms with Crippen LogP contribution in [-0.2, 0) is 0 Å². The van der Waals surface area contributed by atoms with Gasteiger partial charge in [-0.05, 0) is 36.4 Å². The minimum Gasteiger partial charge on any atom is -0.495 e. The van der Waals surface area contributed by atoms with Crippen molar-refractivity contribution in [3.63, 3.8) is 0 Å². The standard InChI is InChI=1S/C12H15BrOSi.C11H12BrFSi/c1-14-12-6-5-11(13)9-10(12)7-8-15(2,3)4;1-14(2,3)7-6-9-4-5-10(12)8-11(9)13/h5-6,9H,1-4H3;4-5,8H,1-3H3. The predicted molar refractivity (Wildman–Crippen MR) is 135 cm³/mol. The van der Waals surface area contributed by atoms with Gasteiger partial charge in [-0.25, -0.2) is 4.39 Å². The Morgan fingerprint density at radius 2 is 1.24 bits per heavy atom. The summed E-state index contributed by atoms with van der Waals surface area (Å²) in [5.41, 5.74) is 7.90. The predicted octanol–water partition coefficient (Wildman–Crippen LogP) is 7.50. The summed E-state index contributed by atoms with van der Waals surface area (Å²) in [5, 5.41) is 0. The van der Waals surface area contributed by atoms with Gasteiger partial charge in [0.25, 0.3) is 0 Å². The Hall–Kier alpha value is -1.32. The van der Waals surface area contributed by atoms with E-state index < -0.39 is 16.1 Å². The van der Waals surface area contributed by atoms with Gasteiger partial charge in [-0.3, -0.25) is 0 Å². The molecular formula is C23H27Br2FOSi2. The summed E-state index contributed by atoms with van der Waals surface area (Å²) in [6.45, 7) is 13.1. The summed E-state index contributed by atoms with van der Waals surface area (Å²) >= 11 is 6.64. The van der Waals surface area contributed by atoms with Crippen LogP contribution in [0.3, 0.4) is 0 Å². The molecule has 0 atom stereocenters. The zero-order valence-corrected chi connectivity index (χ0v) is 23.2. The van der Waals surface area contributed by atoms with Crippen LogP contribution in [-0.4, -0.2) is 23.3 Å². The highest BCUT2D eigenvalue weighted by Crippen LogP contribution is 2.22. The maximum absolute atomic E-state index is 13.3. The van der Waals surface area contributed by atoms with E-state index in [-0.39, 0.29) is 5.82 Å². The molecule has 2 rings (SSSR count). The zero-order chi connectivity index (χ0) is 22.2. The third-order valence-electron chi connectivity index (χ3n) is 3.24. The Morgan fingerprint density at radius 1 is 0.759 bits per heavy atom. The van der Waals surface area contributed by atoms with Crippen LogP contribution in [0, 0.1) is 28.7 Å². The largest absolute Gasteiger partial charge is 0.495 e. The maximum atomic E-state index is 13.3. The highest BCUT2D eigenvalue weighted by atomic mass is 79.9. The molecule has 0 aliphatic rings. The van der Waals surface area contributed by atoms with Crippen LogP contribution in [0.1, 0.15) is 11.1 Å². The van der Waals surface area contributed by atoms with E-state index in [0.717, 1.165) is 20.3 Å². The molecule has 0 saturated heterocycles. The average Bonchev–Trinajstić information content (AvgIpc) is 2.58. The third-order valence-corrected chi connectivity index (χ3v) is 5.97. The SMILES string of the molecule is COc1ccc(Br)cc1C#C[Si](C)(C)C.C[Si](C)(C)C#Cc1ccc(Br)cc1F. The van der Waals surface area contributed by atoms with Crippen LogP contribution in [0.4, 0.5) is 4.39 Å². The highest BCUT2D eigenvalue weighted by molar-refractivity contribution is 9.10. The normalized spacial score (nSPS) is 10.6. The van der Waals surface area contributed by atoms with E-state index in [1.165, 1.54) is 6.07 Å². The Bertz CT molecular complexity index is 969. The van der Waals surface area contributed by atoms with Gasteiger partial charge in [0.2, 0.25) is 0 Å². The van der Waals surface area contributed by atoms with Crippen molar-refractivity contribution in [2.45, 2.75) is 39.3 Å². The molecule has 154 valence electrons. The average molecular weight is 554 g/mol. The number of rotatable bonds is 1. The summed E-state index contributed by atoms with van der Waals surface area (Å²) in [7, 11) is -1.07. The van der Waals surface area contributed by atoms with Gasteiger partial charge in [0.1, 0.15) is 27.7 Å². The van der Waals surface area contributed by atoms with Gasteiger partial charge >= 0.3 is 0 Å². The fraction of sp³-hybridized carbons (Fsp3) is 0.304. The molecular weight excluding hydrogens is 527 g/mol. The van der Waals surface area contributed by atoms with Gasteiger partial charge in [0.15, 0.2) is 0 Å². The van der Waals surface area contributed by atoms with Crippen molar-refractivity contribution in [2.75, 3.05) is 7.11 Å². The Morgan fingerprint density at radius 3 is 1.72 bits per heavy atom. The van der Waals surface area contributed by atoms with Crippen LogP contribution >= 0.6 is 31.9 Å². The lowest BCUT2D eigenvalue weighted by atomic mass is 10.2. The molecule has 29 heavy (non-hydrogen) atoms. The van der Waals surface area contributed by atoms with Gasteiger partial charge in [-0.15, -0.1) is 11.1 Å². The van der Waals surface area contributed by atoms with E-state index in [1.54, 1.807) is 19.2 Å². The molecule has 0 saturated carbocycles. The first kappa shape index (κ1) is 25.7. The van der Waals surface area contributed by atoms with Crippen molar-refractivity contribution >= 4 is 48.0 Å². The second-order valence-corrected chi connectivity index (χ2v) is 19.8. The van der Waals surface area contributed by atoms with Gasteiger partial charge < -0.3 is 4.74 Å². The molecule has 0 amide bonds. The summed E-state index contributed by atoms with van der Waals surface area (Å²) < 4.78 is 20.3. The quantitative estimate of drug-likeness (QED) is 0.262. The van der Waals surface area contributed by atoms with Crippen LogP contribution in [0.15, 0.2) is 45.3 Å². The molecule has 0 aromatic heterocycles. The topological polar surface area (TPSA) is 9.23 Å². The van der Waals surface area contributed by atoms with E-state index >= 15 is 0 Å². The molecule has 0 unspecified atom stereocenters.